The highest BCUT2D eigenvalue weighted by Crippen LogP contribution is 2.46. The summed E-state index contributed by atoms with van der Waals surface area (Å²) < 4.78 is 104. The molecule has 47 heavy (non-hydrogen) atoms. The third-order valence-corrected chi connectivity index (χ3v) is 10.0. The summed E-state index contributed by atoms with van der Waals surface area (Å²) in [5.41, 5.74) is 0.289. The molecular formula is C30H24ClN3O10S3. The summed E-state index contributed by atoms with van der Waals surface area (Å²) in [6.07, 6.45) is 0. The van der Waals surface area contributed by atoms with E-state index in [2.05, 4.69) is 15.0 Å². The van der Waals surface area contributed by atoms with E-state index in [4.69, 9.17) is 16.3 Å². The summed E-state index contributed by atoms with van der Waals surface area (Å²) in [6.45, 7) is 3.62. The van der Waals surface area contributed by atoms with Gasteiger partial charge in [-0.3, -0.25) is 13.8 Å². The maximum atomic E-state index is 13.3. The molecule has 4 N–H and O–H groups in total. The van der Waals surface area contributed by atoms with Crippen LogP contribution in [0.4, 0.5) is 17.1 Å². The normalized spacial score (nSPS) is 12.4. The molecule has 0 aliphatic rings. The van der Waals surface area contributed by atoms with Crippen molar-refractivity contribution in [2.75, 3.05) is 4.72 Å². The zero-order valence-electron chi connectivity index (χ0n) is 24.3. The Hall–Kier alpha value is -4.58. The molecule has 0 saturated heterocycles. The molecule has 0 bridgehead atoms. The monoisotopic (exact) mass is 717 g/mol. The summed E-state index contributed by atoms with van der Waals surface area (Å²) in [7, 11) is -14.6. The Morgan fingerprint density at radius 2 is 1.34 bits per heavy atom. The Kier molecular flexibility index (Phi) is 9.02. The van der Waals surface area contributed by atoms with Crippen molar-refractivity contribution >= 4 is 69.7 Å². The van der Waals surface area contributed by atoms with E-state index >= 15 is 0 Å². The predicted octanol–water partition coefficient (Wildman–Crippen LogP) is 7.32. The fourth-order valence-electron chi connectivity index (χ4n) is 4.40. The molecule has 5 aromatic rings. The van der Waals surface area contributed by atoms with E-state index < -0.39 is 67.9 Å². The number of sulfonamides is 1. The van der Waals surface area contributed by atoms with Crippen LogP contribution in [0.2, 0.25) is 5.02 Å². The molecule has 0 atom stereocenters. The van der Waals surface area contributed by atoms with Crippen LogP contribution in [0.3, 0.4) is 0 Å². The van der Waals surface area contributed by atoms with Crippen LogP contribution >= 0.6 is 11.6 Å². The van der Waals surface area contributed by atoms with Crippen molar-refractivity contribution in [1.82, 2.24) is 0 Å². The number of hydrogen-bond donors (Lipinski definition) is 4. The molecule has 0 amide bonds. The lowest BCUT2D eigenvalue weighted by molar-refractivity contribution is 0.472. The van der Waals surface area contributed by atoms with Crippen molar-refractivity contribution in [3.8, 4) is 17.2 Å². The zero-order chi connectivity index (χ0) is 34.3. The van der Waals surface area contributed by atoms with Gasteiger partial charge in [0, 0.05) is 5.02 Å². The molecule has 0 fully saturated rings. The highest BCUT2D eigenvalue weighted by molar-refractivity contribution is 7.92. The van der Waals surface area contributed by atoms with E-state index in [9.17, 15) is 39.5 Å². The highest BCUT2D eigenvalue weighted by Gasteiger charge is 2.27. The lowest BCUT2D eigenvalue weighted by Gasteiger charge is -2.16. The van der Waals surface area contributed by atoms with Crippen molar-refractivity contribution in [3.63, 3.8) is 0 Å². The number of ether oxygens (including phenoxy) is 1. The second-order valence-electron chi connectivity index (χ2n) is 10.2. The lowest BCUT2D eigenvalue weighted by Crippen LogP contribution is -2.14. The van der Waals surface area contributed by atoms with Crippen LogP contribution in [0.1, 0.15) is 11.1 Å². The summed E-state index contributed by atoms with van der Waals surface area (Å²) >= 11 is 6.15. The Balaban J connectivity index is 1.72. The predicted molar refractivity (Wildman–Crippen MR) is 174 cm³/mol. The minimum atomic E-state index is -5.19. The molecule has 0 unspecified atom stereocenters. The fourth-order valence-corrected chi connectivity index (χ4v) is 6.83. The van der Waals surface area contributed by atoms with Gasteiger partial charge in [0.2, 0.25) is 0 Å². The molecule has 13 nitrogen and oxygen atoms in total. The average molecular weight is 718 g/mol. The van der Waals surface area contributed by atoms with E-state index in [1.165, 1.54) is 42.5 Å². The van der Waals surface area contributed by atoms with E-state index in [0.717, 1.165) is 29.3 Å². The molecule has 0 aromatic heterocycles. The third-order valence-electron chi connectivity index (χ3n) is 6.70. The fraction of sp³-hybridized carbons (Fsp3) is 0.0667. The van der Waals surface area contributed by atoms with E-state index in [0.29, 0.717) is 5.75 Å². The molecule has 0 aliphatic carbocycles. The molecule has 5 aromatic carbocycles. The number of fused-ring (bicyclic) bond motifs is 1. The van der Waals surface area contributed by atoms with Gasteiger partial charge >= 0.3 is 0 Å². The van der Waals surface area contributed by atoms with Crippen molar-refractivity contribution in [2.45, 2.75) is 28.5 Å². The van der Waals surface area contributed by atoms with Crippen LogP contribution in [0.15, 0.2) is 110 Å². The minimum Gasteiger partial charge on any atom is -0.505 e. The largest absolute Gasteiger partial charge is 0.505 e. The van der Waals surface area contributed by atoms with Crippen LogP contribution in [-0.2, 0) is 30.3 Å². The Morgan fingerprint density at radius 1 is 0.723 bits per heavy atom. The van der Waals surface area contributed by atoms with Crippen LogP contribution in [0, 0.1) is 13.8 Å². The van der Waals surface area contributed by atoms with Gasteiger partial charge in [-0.15, -0.1) is 10.2 Å². The summed E-state index contributed by atoms with van der Waals surface area (Å²) in [4.78, 5) is -2.10. The molecular weight excluding hydrogens is 694 g/mol. The third kappa shape index (κ3) is 7.54. The Labute approximate surface area is 274 Å². The summed E-state index contributed by atoms with van der Waals surface area (Å²) in [5, 5.41) is 18.6. The van der Waals surface area contributed by atoms with Crippen molar-refractivity contribution in [3.05, 3.63) is 101 Å². The van der Waals surface area contributed by atoms with Gasteiger partial charge in [0.15, 0.2) is 11.5 Å². The van der Waals surface area contributed by atoms with Crippen molar-refractivity contribution < 1.29 is 44.2 Å². The van der Waals surface area contributed by atoms with Crippen LogP contribution in [0.25, 0.3) is 10.8 Å². The molecule has 0 radical (unpaired) electrons. The van der Waals surface area contributed by atoms with Gasteiger partial charge in [-0.25, -0.2) is 8.42 Å². The van der Waals surface area contributed by atoms with Crippen LogP contribution in [-0.4, -0.2) is 39.5 Å². The number of aryl methyl sites for hydroxylation is 2. The number of aromatic hydroxyl groups is 1. The number of phenols is 1. The topological polar surface area (TPSA) is 209 Å². The van der Waals surface area contributed by atoms with E-state index in [1.54, 1.807) is 31.2 Å². The molecule has 5 rings (SSSR count). The second-order valence-corrected chi connectivity index (χ2v) is 15.2. The number of azo groups is 1. The smallest absolute Gasteiger partial charge is 0.296 e. The van der Waals surface area contributed by atoms with Gasteiger partial charge < -0.3 is 9.84 Å². The number of halogens is 1. The lowest BCUT2D eigenvalue weighted by atomic mass is 10.1. The first-order valence-electron chi connectivity index (χ1n) is 13.3. The van der Waals surface area contributed by atoms with Crippen molar-refractivity contribution in [1.29, 1.82) is 0 Å². The average Bonchev–Trinajstić information content (AvgIpc) is 2.97. The molecule has 0 heterocycles. The number of nitrogens with zero attached hydrogens (tertiary/aromatic N) is 2. The van der Waals surface area contributed by atoms with Gasteiger partial charge in [0.25, 0.3) is 30.3 Å². The number of rotatable bonds is 9. The molecule has 0 spiro atoms. The van der Waals surface area contributed by atoms with Gasteiger partial charge in [-0.05, 0) is 79.9 Å². The first-order chi connectivity index (χ1) is 21.9. The van der Waals surface area contributed by atoms with E-state index in [1.807, 2.05) is 6.92 Å². The van der Waals surface area contributed by atoms with Gasteiger partial charge in [0.1, 0.15) is 22.0 Å². The standard InChI is InChI=1S/C30H24ClN3O10S3/c1-17-3-8-21(9-4-17)44-26-12-7-20(31)15-24(26)32-33-29-27(47(41,42)43)14-19-13-23(46(38,39)40)16-25(28(19)30(29)35)34-45(36,37)22-10-5-18(2)6-11-22/h3-16,34-35H,1-2H3,(H,38,39,40)(H,41,42,43). The minimum absolute atomic E-state index is 0.0270. The molecule has 244 valence electrons. The molecule has 17 heteroatoms. The molecule has 0 saturated carbocycles. The number of benzene rings is 5. The summed E-state index contributed by atoms with van der Waals surface area (Å²) in [6, 6.07) is 19.1. The number of hydrogen-bond acceptors (Lipinski definition) is 10. The Bertz CT molecular complexity index is 2400. The maximum absolute atomic E-state index is 13.3. The Morgan fingerprint density at radius 3 is 1.94 bits per heavy atom. The van der Waals surface area contributed by atoms with Crippen LogP contribution < -0.4 is 9.46 Å². The number of phenolic OH excluding ortho intramolecular Hbond substituents is 1. The quantitative estimate of drug-likeness (QED) is 0.0882. The second kappa shape index (κ2) is 12.6. The van der Waals surface area contributed by atoms with Gasteiger partial charge in [-0.2, -0.15) is 16.8 Å². The first kappa shape index (κ1) is 33.8. The van der Waals surface area contributed by atoms with Crippen LogP contribution in [0.5, 0.6) is 17.2 Å². The zero-order valence-corrected chi connectivity index (χ0v) is 27.5. The SMILES string of the molecule is Cc1ccc(Oc2ccc(Cl)cc2N=Nc2c(S(=O)(=O)O)cc3cc(S(=O)(=O)O)cc(NS(=O)(=O)c4ccc(C)cc4)c3c2O)cc1. The summed E-state index contributed by atoms with van der Waals surface area (Å²) in [5.74, 6) is -0.466. The van der Waals surface area contributed by atoms with Gasteiger partial charge in [0.05, 0.1) is 20.9 Å². The van der Waals surface area contributed by atoms with Crippen molar-refractivity contribution in [2.24, 2.45) is 10.2 Å². The molecule has 0 aliphatic heterocycles. The first-order valence-corrected chi connectivity index (χ1v) is 18.0. The maximum Gasteiger partial charge on any atom is 0.296 e. The number of anilines is 1. The van der Waals surface area contributed by atoms with E-state index in [-0.39, 0.29) is 21.4 Å². The van der Waals surface area contributed by atoms with Gasteiger partial charge in [-0.1, -0.05) is 47.0 Å². The highest BCUT2D eigenvalue weighted by atomic mass is 35.5. The number of nitrogens with one attached hydrogen (secondary N) is 1.